The molecule has 0 spiro atoms. The summed E-state index contributed by atoms with van der Waals surface area (Å²) in [5.74, 6) is -0.218. The van der Waals surface area contributed by atoms with Crippen molar-refractivity contribution in [1.29, 1.82) is 5.26 Å². The van der Waals surface area contributed by atoms with Gasteiger partial charge in [-0.1, -0.05) is 0 Å². The van der Waals surface area contributed by atoms with Gasteiger partial charge in [-0.2, -0.15) is 5.26 Å². The van der Waals surface area contributed by atoms with Crippen LogP contribution in [0.1, 0.15) is 17.3 Å². The maximum Gasteiger partial charge on any atom is 0.126 e. The molecule has 0 aliphatic rings. The third-order valence-corrected chi connectivity index (χ3v) is 2.00. The topological polar surface area (TPSA) is 55.4 Å². The summed E-state index contributed by atoms with van der Waals surface area (Å²) in [4.78, 5) is 6.07. The van der Waals surface area contributed by atoms with Gasteiger partial charge in [-0.15, -0.1) is 0 Å². The summed E-state index contributed by atoms with van der Waals surface area (Å²) >= 11 is 0. The molecule has 3 nitrogen and oxygen atoms in total. The van der Waals surface area contributed by atoms with E-state index in [4.69, 9.17) is 5.26 Å². The molecule has 2 aromatic rings. The van der Waals surface area contributed by atoms with Crippen molar-refractivity contribution in [2.24, 2.45) is 0 Å². The smallest absolute Gasteiger partial charge is 0.126 e. The van der Waals surface area contributed by atoms with E-state index >= 15 is 0 Å². The van der Waals surface area contributed by atoms with Gasteiger partial charge in [-0.05, 0) is 24.3 Å². The molecule has 2 rings (SSSR count). The Morgan fingerprint density at radius 2 is 1.62 bits per heavy atom. The van der Waals surface area contributed by atoms with Gasteiger partial charge < -0.3 is 9.97 Å². The number of aromatic amines is 2. The van der Waals surface area contributed by atoms with Crippen molar-refractivity contribution in [3.8, 4) is 6.07 Å². The van der Waals surface area contributed by atoms with Gasteiger partial charge in [0.2, 0.25) is 0 Å². The summed E-state index contributed by atoms with van der Waals surface area (Å²) in [6, 6.07) is 9.85. The maximum atomic E-state index is 8.98. The van der Waals surface area contributed by atoms with Gasteiger partial charge in [0, 0.05) is 23.8 Å². The second kappa shape index (κ2) is 3.20. The van der Waals surface area contributed by atoms with Crippen molar-refractivity contribution in [2.75, 3.05) is 0 Å². The molecule has 64 valence electrons. The Kier molecular flexibility index (Phi) is 1.89. The Bertz CT molecular complexity index is 358. The van der Waals surface area contributed by atoms with Crippen LogP contribution < -0.4 is 0 Å². The Hall–Kier alpha value is -1.95. The van der Waals surface area contributed by atoms with Crippen molar-refractivity contribution in [3.63, 3.8) is 0 Å². The molecule has 0 saturated carbocycles. The lowest BCUT2D eigenvalue weighted by molar-refractivity contribution is 0.944. The molecular weight excluding hydrogens is 162 g/mol. The predicted octanol–water partition coefficient (Wildman–Crippen LogP) is 2.00. The van der Waals surface area contributed by atoms with Crippen molar-refractivity contribution in [2.45, 2.75) is 5.92 Å². The zero-order valence-corrected chi connectivity index (χ0v) is 6.99. The quantitative estimate of drug-likeness (QED) is 0.713. The van der Waals surface area contributed by atoms with Crippen LogP contribution in [0, 0.1) is 11.3 Å². The summed E-state index contributed by atoms with van der Waals surface area (Å²) in [5.41, 5.74) is 1.84. The Morgan fingerprint density at radius 3 is 1.92 bits per heavy atom. The van der Waals surface area contributed by atoms with Crippen molar-refractivity contribution >= 4 is 0 Å². The van der Waals surface area contributed by atoms with Gasteiger partial charge >= 0.3 is 0 Å². The SMILES string of the molecule is N#CC(c1ccc[nH]1)c1ccc[nH]1. The fourth-order valence-electron chi connectivity index (χ4n) is 1.35. The van der Waals surface area contributed by atoms with Crippen molar-refractivity contribution in [1.82, 2.24) is 9.97 Å². The van der Waals surface area contributed by atoms with Gasteiger partial charge in [0.1, 0.15) is 5.92 Å². The lowest BCUT2D eigenvalue weighted by Gasteiger charge is -2.03. The molecular formula is C10H9N3. The maximum absolute atomic E-state index is 8.98. The Morgan fingerprint density at radius 1 is 1.08 bits per heavy atom. The molecule has 13 heavy (non-hydrogen) atoms. The Labute approximate surface area is 76.0 Å². The number of nitrogens with one attached hydrogen (secondary N) is 2. The minimum atomic E-state index is -0.218. The lowest BCUT2D eigenvalue weighted by Crippen LogP contribution is -1.98. The first-order chi connectivity index (χ1) is 6.42. The molecule has 0 fully saturated rings. The lowest BCUT2D eigenvalue weighted by atomic mass is 10.0. The summed E-state index contributed by atoms with van der Waals surface area (Å²) in [6.45, 7) is 0. The second-order valence-electron chi connectivity index (χ2n) is 2.81. The number of rotatable bonds is 2. The normalized spacial score (nSPS) is 10.2. The minimum absolute atomic E-state index is 0.218. The zero-order valence-electron chi connectivity index (χ0n) is 6.99. The molecule has 0 aromatic carbocycles. The molecule has 0 bridgehead atoms. The van der Waals surface area contributed by atoms with Crippen LogP contribution in [0.25, 0.3) is 0 Å². The third-order valence-electron chi connectivity index (χ3n) is 2.00. The van der Waals surface area contributed by atoms with E-state index in [0.717, 1.165) is 11.4 Å². The first kappa shape index (κ1) is 7.69. The highest BCUT2D eigenvalue weighted by molar-refractivity contribution is 5.30. The predicted molar refractivity (Wildman–Crippen MR) is 49.0 cm³/mol. The fraction of sp³-hybridized carbons (Fsp3) is 0.100. The third kappa shape index (κ3) is 1.34. The van der Waals surface area contributed by atoms with E-state index in [9.17, 15) is 0 Å². The number of hydrogen-bond acceptors (Lipinski definition) is 1. The van der Waals surface area contributed by atoms with Gasteiger partial charge in [0.15, 0.2) is 0 Å². The van der Waals surface area contributed by atoms with Gasteiger partial charge in [0.25, 0.3) is 0 Å². The number of H-pyrrole nitrogens is 2. The van der Waals surface area contributed by atoms with Crippen LogP contribution in [0.4, 0.5) is 0 Å². The molecule has 0 atom stereocenters. The number of hydrogen-bond donors (Lipinski definition) is 2. The van der Waals surface area contributed by atoms with Crippen LogP contribution >= 0.6 is 0 Å². The van der Waals surface area contributed by atoms with Crippen LogP contribution in [0.2, 0.25) is 0 Å². The zero-order chi connectivity index (χ0) is 9.10. The van der Waals surface area contributed by atoms with E-state index in [1.165, 1.54) is 0 Å². The molecule has 3 heteroatoms. The van der Waals surface area contributed by atoms with E-state index in [-0.39, 0.29) is 5.92 Å². The second-order valence-corrected chi connectivity index (χ2v) is 2.81. The molecule has 0 aliphatic carbocycles. The van der Waals surface area contributed by atoms with E-state index in [1.807, 2.05) is 36.7 Å². The average Bonchev–Trinajstić information content (AvgIpc) is 2.76. The van der Waals surface area contributed by atoms with Gasteiger partial charge in [-0.3, -0.25) is 0 Å². The van der Waals surface area contributed by atoms with Crippen LogP contribution in [0.3, 0.4) is 0 Å². The van der Waals surface area contributed by atoms with Gasteiger partial charge in [0.05, 0.1) is 6.07 Å². The highest BCUT2D eigenvalue weighted by Crippen LogP contribution is 2.20. The van der Waals surface area contributed by atoms with E-state index in [1.54, 1.807) is 0 Å². The fourth-order valence-corrected chi connectivity index (χ4v) is 1.35. The summed E-state index contributed by atoms with van der Waals surface area (Å²) < 4.78 is 0. The minimum Gasteiger partial charge on any atom is -0.364 e. The summed E-state index contributed by atoms with van der Waals surface area (Å²) in [5, 5.41) is 8.98. The van der Waals surface area contributed by atoms with Crippen LogP contribution in [-0.4, -0.2) is 9.97 Å². The summed E-state index contributed by atoms with van der Waals surface area (Å²) in [7, 11) is 0. The highest BCUT2D eigenvalue weighted by atomic mass is 14.7. The monoisotopic (exact) mass is 171 g/mol. The van der Waals surface area contributed by atoms with E-state index in [2.05, 4.69) is 16.0 Å². The van der Waals surface area contributed by atoms with Gasteiger partial charge in [-0.25, -0.2) is 0 Å². The number of nitriles is 1. The molecule has 2 aromatic heterocycles. The van der Waals surface area contributed by atoms with Crippen LogP contribution in [-0.2, 0) is 0 Å². The van der Waals surface area contributed by atoms with Crippen molar-refractivity contribution < 1.29 is 0 Å². The Balaban J connectivity index is 2.36. The average molecular weight is 171 g/mol. The molecule has 2 heterocycles. The largest absolute Gasteiger partial charge is 0.364 e. The molecule has 2 N–H and O–H groups in total. The first-order valence-corrected chi connectivity index (χ1v) is 4.08. The van der Waals surface area contributed by atoms with E-state index < -0.39 is 0 Å². The van der Waals surface area contributed by atoms with E-state index in [0.29, 0.717) is 0 Å². The molecule has 0 saturated heterocycles. The molecule has 0 aliphatic heterocycles. The number of nitrogens with zero attached hydrogens (tertiary/aromatic N) is 1. The summed E-state index contributed by atoms with van der Waals surface area (Å²) in [6.07, 6.45) is 3.64. The highest BCUT2D eigenvalue weighted by Gasteiger charge is 2.13. The first-order valence-electron chi connectivity index (χ1n) is 4.08. The standard InChI is InChI=1S/C10H9N3/c11-7-8(9-3-1-5-12-9)10-4-2-6-13-10/h1-6,8,12-13H. The molecule has 0 unspecified atom stereocenters. The van der Waals surface area contributed by atoms with Crippen molar-refractivity contribution in [3.05, 3.63) is 48.0 Å². The molecule has 0 amide bonds. The molecule has 0 radical (unpaired) electrons. The van der Waals surface area contributed by atoms with Crippen LogP contribution in [0.15, 0.2) is 36.7 Å². The number of aromatic nitrogens is 2. The van der Waals surface area contributed by atoms with Crippen LogP contribution in [0.5, 0.6) is 0 Å².